The SMILES string of the molecule is Cc1c([C@H]2[C@H](NCc3nc4ccccc4o3)CC(=O)N2C)cnn1C. The van der Waals surface area contributed by atoms with E-state index < -0.39 is 0 Å². The highest BCUT2D eigenvalue weighted by Crippen LogP contribution is 2.33. The molecule has 0 bridgehead atoms. The summed E-state index contributed by atoms with van der Waals surface area (Å²) in [6.45, 7) is 2.51. The van der Waals surface area contributed by atoms with Gasteiger partial charge in [-0.3, -0.25) is 9.48 Å². The lowest BCUT2D eigenvalue weighted by atomic mass is 10.0. The molecule has 1 aromatic carbocycles. The molecule has 1 amide bonds. The molecule has 0 aliphatic carbocycles. The Labute approximate surface area is 145 Å². The van der Waals surface area contributed by atoms with Gasteiger partial charge in [0.1, 0.15) is 5.52 Å². The number of hydrogen-bond donors (Lipinski definition) is 1. The Bertz CT molecular complexity index is 896. The first kappa shape index (κ1) is 15.8. The Kier molecular flexibility index (Phi) is 3.80. The van der Waals surface area contributed by atoms with E-state index in [-0.39, 0.29) is 18.0 Å². The summed E-state index contributed by atoms with van der Waals surface area (Å²) < 4.78 is 7.60. The number of nitrogens with one attached hydrogen (secondary N) is 1. The molecular formula is C18H21N5O2. The van der Waals surface area contributed by atoms with E-state index in [1.165, 1.54) is 0 Å². The highest BCUT2D eigenvalue weighted by molar-refractivity contribution is 5.80. The number of likely N-dealkylation sites (tertiary alicyclic amines) is 1. The lowest BCUT2D eigenvalue weighted by molar-refractivity contribution is -0.127. The lowest BCUT2D eigenvalue weighted by Crippen LogP contribution is -2.35. The fourth-order valence-electron chi connectivity index (χ4n) is 3.50. The molecule has 0 spiro atoms. The van der Waals surface area contributed by atoms with E-state index in [2.05, 4.69) is 15.4 Å². The van der Waals surface area contributed by atoms with Crippen molar-refractivity contribution in [2.24, 2.45) is 7.05 Å². The van der Waals surface area contributed by atoms with Crippen molar-refractivity contribution in [1.29, 1.82) is 0 Å². The molecule has 1 aliphatic rings. The molecule has 1 aliphatic heterocycles. The van der Waals surface area contributed by atoms with E-state index in [1.807, 2.05) is 56.2 Å². The van der Waals surface area contributed by atoms with Crippen LogP contribution in [-0.2, 0) is 18.4 Å². The molecule has 1 N–H and O–H groups in total. The molecule has 4 rings (SSSR count). The third-order valence-electron chi connectivity index (χ3n) is 5.03. The summed E-state index contributed by atoms with van der Waals surface area (Å²) in [6, 6.07) is 7.66. The highest BCUT2D eigenvalue weighted by atomic mass is 16.3. The van der Waals surface area contributed by atoms with Crippen molar-refractivity contribution in [3.8, 4) is 0 Å². The third-order valence-corrected chi connectivity index (χ3v) is 5.03. The minimum atomic E-state index is -0.0365. The Morgan fingerprint density at radius 3 is 2.84 bits per heavy atom. The monoisotopic (exact) mass is 339 g/mol. The highest BCUT2D eigenvalue weighted by Gasteiger charge is 2.39. The zero-order valence-corrected chi connectivity index (χ0v) is 14.6. The van der Waals surface area contributed by atoms with Gasteiger partial charge in [-0.1, -0.05) is 12.1 Å². The number of rotatable bonds is 4. The number of hydrogen-bond acceptors (Lipinski definition) is 5. The zero-order chi connectivity index (χ0) is 17.6. The summed E-state index contributed by atoms with van der Waals surface area (Å²) in [5, 5.41) is 7.77. The average molecular weight is 339 g/mol. The number of fused-ring (bicyclic) bond motifs is 1. The van der Waals surface area contributed by atoms with E-state index in [4.69, 9.17) is 4.42 Å². The maximum absolute atomic E-state index is 12.3. The van der Waals surface area contributed by atoms with Gasteiger partial charge in [0, 0.05) is 37.8 Å². The maximum Gasteiger partial charge on any atom is 0.224 e. The van der Waals surface area contributed by atoms with Crippen LogP contribution in [0.5, 0.6) is 0 Å². The molecule has 25 heavy (non-hydrogen) atoms. The normalized spacial score (nSPS) is 20.8. The van der Waals surface area contributed by atoms with E-state index in [1.54, 1.807) is 4.90 Å². The molecule has 0 saturated carbocycles. The van der Waals surface area contributed by atoms with Gasteiger partial charge < -0.3 is 14.6 Å². The predicted octanol–water partition coefficient (Wildman–Crippen LogP) is 1.93. The number of benzene rings is 1. The zero-order valence-electron chi connectivity index (χ0n) is 14.6. The average Bonchev–Trinajstić information content (AvgIpc) is 3.24. The minimum absolute atomic E-state index is 0.00425. The van der Waals surface area contributed by atoms with Crippen LogP contribution in [0.2, 0.25) is 0 Å². The Hall–Kier alpha value is -2.67. The van der Waals surface area contributed by atoms with Crippen LogP contribution < -0.4 is 5.32 Å². The van der Waals surface area contributed by atoms with Crippen LogP contribution in [0.1, 0.15) is 29.6 Å². The molecule has 2 aromatic heterocycles. The van der Waals surface area contributed by atoms with E-state index >= 15 is 0 Å². The topological polar surface area (TPSA) is 76.2 Å². The van der Waals surface area contributed by atoms with E-state index in [0.717, 1.165) is 22.4 Å². The van der Waals surface area contributed by atoms with Crippen LogP contribution in [0.25, 0.3) is 11.1 Å². The van der Waals surface area contributed by atoms with Gasteiger partial charge in [0.25, 0.3) is 0 Å². The van der Waals surface area contributed by atoms with Crippen LogP contribution in [0.3, 0.4) is 0 Å². The summed E-state index contributed by atoms with van der Waals surface area (Å²) >= 11 is 0. The molecule has 0 unspecified atom stereocenters. The van der Waals surface area contributed by atoms with Crippen molar-refractivity contribution < 1.29 is 9.21 Å². The van der Waals surface area contributed by atoms with Gasteiger partial charge in [0.15, 0.2) is 5.58 Å². The van der Waals surface area contributed by atoms with Crippen molar-refractivity contribution in [1.82, 2.24) is 25.0 Å². The van der Waals surface area contributed by atoms with E-state index in [9.17, 15) is 4.79 Å². The second-order valence-corrected chi connectivity index (χ2v) is 6.53. The van der Waals surface area contributed by atoms with Gasteiger partial charge in [0.2, 0.25) is 11.8 Å². The predicted molar refractivity (Wildman–Crippen MR) is 92.7 cm³/mol. The van der Waals surface area contributed by atoms with Crippen LogP contribution in [0, 0.1) is 6.92 Å². The molecule has 0 radical (unpaired) electrons. The number of aromatic nitrogens is 3. The van der Waals surface area contributed by atoms with Gasteiger partial charge in [-0.15, -0.1) is 0 Å². The summed E-state index contributed by atoms with van der Waals surface area (Å²) in [5.41, 5.74) is 3.77. The number of carbonyl (C=O) groups is 1. The minimum Gasteiger partial charge on any atom is -0.439 e. The molecule has 3 heterocycles. The molecule has 1 saturated heterocycles. The number of likely N-dealkylation sites (N-methyl/N-ethyl adjacent to an activating group) is 1. The van der Waals surface area contributed by atoms with Crippen LogP contribution in [0.4, 0.5) is 0 Å². The van der Waals surface area contributed by atoms with Gasteiger partial charge in [0.05, 0.1) is 18.8 Å². The van der Waals surface area contributed by atoms with Gasteiger partial charge >= 0.3 is 0 Å². The van der Waals surface area contributed by atoms with Gasteiger partial charge in [-0.05, 0) is 19.1 Å². The maximum atomic E-state index is 12.3. The summed E-state index contributed by atoms with van der Waals surface area (Å²) in [4.78, 5) is 18.5. The summed E-state index contributed by atoms with van der Waals surface area (Å²) in [5.74, 6) is 0.758. The Balaban J connectivity index is 1.55. The molecule has 7 nitrogen and oxygen atoms in total. The largest absolute Gasteiger partial charge is 0.439 e. The first-order chi connectivity index (χ1) is 12.0. The van der Waals surface area contributed by atoms with Crippen LogP contribution >= 0.6 is 0 Å². The molecular weight excluding hydrogens is 318 g/mol. The standard InChI is InChI=1S/C18H21N5O2/c1-11-12(9-20-23(11)3)18-14(8-17(24)22(18)2)19-10-16-21-13-6-4-5-7-15(13)25-16/h4-7,9,14,18-19H,8,10H2,1-3H3/t14-,18+/m1/s1. The molecule has 1 fully saturated rings. The number of carbonyl (C=O) groups excluding carboxylic acids is 1. The Morgan fingerprint density at radius 1 is 1.32 bits per heavy atom. The smallest absolute Gasteiger partial charge is 0.224 e. The van der Waals surface area contributed by atoms with Gasteiger partial charge in [-0.2, -0.15) is 5.10 Å². The molecule has 2 atom stereocenters. The summed E-state index contributed by atoms with van der Waals surface area (Å²) in [6.07, 6.45) is 2.30. The molecule has 130 valence electrons. The molecule has 3 aromatic rings. The van der Waals surface area contributed by atoms with Gasteiger partial charge in [-0.25, -0.2) is 4.98 Å². The fraction of sp³-hybridized carbons (Fsp3) is 0.389. The number of oxazole rings is 1. The second kappa shape index (κ2) is 6.00. The second-order valence-electron chi connectivity index (χ2n) is 6.53. The lowest BCUT2D eigenvalue weighted by Gasteiger charge is -2.25. The number of aryl methyl sites for hydroxylation is 1. The first-order valence-electron chi connectivity index (χ1n) is 8.36. The number of nitrogens with zero attached hydrogens (tertiary/aromatic N) is 4. The van der Waals surface area contributed by atoms with Crippen LogP contribution in [-0.4, -0.2) is 38.7 Å². The Morgan fingerprint density at radius 2 is 2.12 bits per heavy atom. The summed E-state index contributed by atoms with van der Waals surface area (Å²) in [7, 11) is 3.76. The van der Waals surface area contributed by atoms with Crippen molar-refractivity contribution >= 4 is 17.0 Å². The fourth-order valence-corrected chi connectivity index (χ4v) is 3.50. The quantitative estimate of drug-likeness (QED) is 0.786. The first-order valence-corrected chi connectivity index (χ1v) is 8.36. The van der Waals surface area contributed by atoms with Crippen molar-refractivity contribution in [3.63, 3.8) is 0 Å². The van der Waals surface area contributed by atoms with Crippen molar-refractivity contribution in [2.75, 3.05) is 7.05 Å². The number of amides is 1. The van der Waals surface area contributed by atoms with Crippen LogP contribution in [0.15, 0.2) is 34.9 Å². The number of para-hydroxylation sites is 2. The molecule has 7 heteroatoms. The van der Waals surface area contributed by atoms with E-state index in [0.29, 0.717) is 18.9 Å². The van der Waals surface area contributed by atoms with Crippen molar-refractivity contribution in [3.05, 3.63) is 47.6 Å². The third kappa shape index (κ3) is 2.70. The van der Waals surface area contributed by atoms with Crippen molar-refractivity contribution in [2.45, 2.75) is 32.0 Å².